The molecule has 1 N–H and O–H groups in total. The fourth-order valence-electron chi connectivity index (χ4n) is 0.947. The molecule has 0 aliphatic heterocycles. The second-order valence-corrected chi connectivity index (χ2v) is 4.02. The fraction of sp³-hybridized carbons (Fsp3) is 0.556. The van der Waals surface area contributed by atoms with Gasteiger partial charge in [-0.2, -0.15) is 0 Å². The van der Waals surface area contributed by atoms with Gasteiger partial charge in [0.05, 0.1) is 0 Å². The quantitative estimate of drug-likeness (QED) is 0.813. The minimum Gasteiger partial charge on any atom is -0.489 e. The molecule has 0 amide bonds. The summed E-state index contributed by atoms with van der Waals surface area (Å²) in [5, 5.41) is 10.9. The second kappa shape index (κ2) is 6.10. The molecule has 1 rings (SSSR count). The number of nitrogens with zero attached hydrogens (tertiary/aromatic N) is 2. The number of hydrogen-bond donors (Lipinski definition) is 1. The first-order valence-corrected chi connectivity index (χ1v) is 5.40. The van der Waals surface area contributed by atoms with Crippen molar-refractivity contribution in [1.29, 1.82) is 0 Å². The van der Waals surface area contributed by atoms with Crippen LogP contribution in [0.3, 0.4) is 0 Å². The molecule has 1 aromatic heterocycles. The summed E-state index contributed by atoms with van der Waals surface area (Å²) < 4.78 is 5.39. The minimum atomic E-state index is 0.226. The van der Waals surface area contributed by atoms with Gasteiger partial charge in [0.25, 0.3) is 0 Å². The highest BCUT2D eigenvalue weighted by Crippen LogP contribution is 2.22. The molecule has 0 radical (unpaired) electrons. The first kappa shape index (κ1) is 12.5. The Bertz CT molecular complexity index is 320. The maximum atomic E-state index is 5.76. The molecule has 6 heteroatoms. The smallest absolute Gasteiger partial charge is 0.193 e. The Morgan fingerprint density at radius 2 is 2.13 bits per heavy atom. The van der Waals surface area contributed by atoms with Crippen molar-refractivity contribution in [3.63, 3.8) is 0 Å². The number of rotatable bonds is 5. The fourth-order valence-corrected chi connectivity index (χ4v) is 1.23. The van der Waals surface area contributed by atoms with Crippen LogP contribution in [-0.4, -0.2) is 29.4 Å². The SMILES string of the molecule is CC(C)NCCOc1cc(Cl)nnc1Cl. The molecule has 84 valence electrons. The number of nitrogens with one attached hydrogen (secondary N) is 1. The van der Waals surface area contributed by atoms with Gasteiger partial charge in [-0.05, 0) is 0 Å². The van der Waals surface area contributed by atoms with Gasteiger partial charge in [-0.1, -0.05) is 37.0 Å². The van der Waals surface area contributed by atoms with Gasteiger partial charge >= 0.3 is 0 Å². The van der Waals surface area contributed by atoms with Crippen molar-refractivity contribution in [3.8, 4) is 5.75 Å². The van der Waals surface area contributed by atoms with Crippen LogP contribution in [0, 0.1) is 0 Å². The van der Waals surface area contributed by atoms with E-state index in [1.54, 1.807) is 6.07 Å². The zero-order chi connectivity index (χ0) is 11.3. The third-order valence-corrected chi connectivity index (χ3v) is 2.05. The first-order valence-electron chi connectivity index (χ1n) is 4.64. The highest BCUT2D eigenvalue weighted by atomic mass is 35.5. The van der Waals surface area contributed by atoms with Crippen molar-refractivity contribution < 1.29 is 4.74 Å². The zero-order valence-corrected chi connectivity index (χ0v) is 10.1. The third-order valence-electron chi connectivity index (χ3n) is 1.60. The lowest BCUT2D eigenvalue weighted by Gasteiger charge is -2.09. The van der Waals surface area contributed by atoms with E-state index in [0.717, 1.165) is 6.54 Å². The summed E-state index contributed by atoms with van der Waals surface area (Å²) in [6, 6.07) is 1.98. The maximum absolute atomic E-state index is 5.76. The molecular formula is C9H13Cl2N3O. The Morgan fingerprint density at radius 1 is 1.40 bits per heavy atom. The van der Waals surface area contributed by atoms with E-state index in [0.29, 0.717) is 18.4 Å². The Hall–Kier alpha value is -0.580. The Labute approximate surface area is 98.9 Å². The molecule has 0 aromatic carbocycles. The largest absolute Gasteiger partial charge is 0.489 e. The first-order chi connectivity index (χ1) is 7.09. The highest BCUT2D eigenvalue weighted by Gasteiger charge is 2.04. The molecule has 1 aromatic rings. The van der Waals surface area contributed by atoms with E-state index in [9.17, 15) is 0 Å². The van der Waals surface area contributed by atoms with E-state index in [-0.39, 0.29) is 10.3 Å². The van der Waals surface area contributed by atoms with Crippen molar-refractivity contribution in [2.45, 2.75) is 19.9 Å². The summed E-state index contributed by atoms with van der Waals surface area (Å²) in [5.74, 6) is 0.460. The van der Waals surface area contributed by atoms with Crippen LogP contribution in [-0.2, 0) is 0 Å². The van der Waals surface area contributed by atoms with Crippen LogP contribution in [0.4, 0.5) is 0 Å². The van der Waals surface area contributed by atoms with Crippen molar-refractivity contribution in [2.24, 2.45) is 0 Å². The average Bonchev–Trinajstić information content (AvgIpc) is 2.17. The van der Waals surface area contributed by atoms with Crippen LogP contribution < -0.4 is 10.1 Å². The Kier molecular flexibility index (Phi) is 5.08. The number of halogens is 2. The standard InChI is InChI=1S/C9H13Cl2N3O/c1-6(2)12-3-4-15-7-5-8(10)13-14-9(7)11/h5-6,12H,3-4H2,1-2H3. The predicted molar refractivity (Wildman–Crippen MR) is 60.7 cm³/mol. The van der Waals surface area contributed by atoms with E-state index < -0.39 is 0 Å². The summed E-state index contributed by atoms with van der Waals surface area (Å²) in [6.45, 7) is 5.39. The van der Waals surface area contributed by atoms with Gasteiger partial charge in [0, 0.05) is 18.7 Å². The molecule has 0 aliphatic rings. The van der Waals surface area contributed by atoms with Gasteiger partial charge in [-0.15, -0.1) is 10.2 Å². The average molecular weight is 250 g/mol. The number of ether oxygens (including phenoxy) is 1. The molecule has 0 saturated carbocycles. The van der Waals surface area contributed by atoms with Crippen LogP contribution in [0.25, 0.3) is 0 Å². The summed E-state index contributed by atoms with van der Waals surface area (Å²) in [5.41, 5.74) is 0. The molecule has 0 bridgehead atoms. The summed E-state index contributed by atoms with van der Waals surface area (Å²) in [4.78, 5) is 0. The van der Waals surface area contributed by atoms with Crippen LogP contribution in [0.15, 0.2) is 6.07 Å². The van der Waals surface area contributed by atoms with Gasteiger partial charge in [0.15, 0.2) is 16.1 Å². The van der Waals surface area contributed by atoms with Crippen molar-refractivity contribution in [2.75, 3.05) is 13.2 Å². The minimum absolute atomic E-state index is 0.226. The van der Waals surface area contributed by atoms with E-state index in [1.807, 2.05) is 0 Å². The molecule has 1 heterocycles. The lowest BCUT2D eigenvalue weighted by molar-refractivity contribution is 0.307. The van der Waals surface area contributed by atoms with Gasteiger partial charge in [-0.3, -0.25) is 0 Å². The van der Waals surface area contributed by atoms with Crippen molar-refractivity contribution in [1.82, 2.24) is 15.5 Å². The van der Waals surface area contributed by atoms with Crippen molar-refractivity contribution in [3.05, 3.63) is 16.4 Å². The molecule has 0 saturated heterocycles. The normalized spacial score (nSPS) is 10.7. The lowest BCUT2D eigenvalue weighted by atomic mass is 10.4. The summed E-state index contributed by atoms with van der Waals surface area (Å²) >= 11 is 11.4. The molecule has 0 fully saturated rings. The van der Waals surface area contributed by atoms with Gasteiger partial charge in [-0.25, -0.2) is 0 Å². The van der Waals surface area contributed by atoms with Gasteiger partial charge in [0.1, 0.15) is 6.61 Å². The maximum Gasteiger partial charge on any atom is 0.193 e. The predicted octanol–water partition coefficient (Wildman–Crippen LogP) is 2.16. The number of aromatic nitrogens is 2. The zero-order valence-electron chi connectivity index (χ0n) is 8.63. The van der Waals surface area contributed by atoms with E-state index in [4.69, 9.17) is 27.9 Å². The molecule has 0 unspecified atom stereocenters. The second-order valence-electron chi connectivity index (χ2n) is 3.28. The molecule has 4 nitrogen and oxygen atoms in total. The third kappa shape index (κ3) is 4.64. The van der Waals surface area contributed by atoms with E-state index in [2.05, 4.69) is 29.4 Å². The van der Waals surface area contributed by atoms with Crippen LogP contribution >= 0.6 is 23.2 Å². The molecule has 0 spiro atoms. The summed E-state index contributed by atoms with van der Waals surface area (Å²) in [7, 11) is 0. The lowest BCUT2D eigenvalue weighted by Crippen LogP contribution is -2.27. The molecule has 0 aliphatic carbocycles. The Balaban J connectivity index is 2.40. The van der Waals surface area contributed by atoms with Gasteiger partial charge < -0.3 is 10.1 Å². The molecular weight excluding hydrogens is 237 g/mol. The number of hydrogen-bond acceptors (Lipinski definition) is 4. The van der Waals surface area contributed by atoms with Crippen LogP contribution in [0.2, 0.25) is 10.3 Å². The topological polar surface area (TPSA) is 47.0 Å². The summed E-state index contributed by atoms with van der Waals surface area (Å²) in [6.07, 6.45) is 0. The van der Waals surface area contributed by atoms with Gasteiger partial charge in [0.2, 0.25) is 0 Å². The van der Waals surface area contributed by atoms with Crippen LogP contribution in [0.1, 0.15) is 13.8 Å². The molecule has 15 heavy (non-hydrogen) atoms. The van der Waals surface area contributed by atoms with Crippen LogP contribution in [0.5, 0.6) is 5.75 Å². The van der Waals surface area contributed by atoms with E-state index in [1.165, 1.54) is 0 Å². The highest BCUT2D eigenvalue weighted by molar-refractivity contribution is 6.32. The molecule has 0 atom stereocenters. The van der Waals surface area contributed by atoms with E-state index >= 15 is 0 Å². The Morgan fingerprint density at radius 3 is 2.80 bits per heavy atom. The van der Waals surface area contributed by atoms with Crippen molar-refractivity contribution >= 4 is 23.2 Å². The monoisotopic (exact) mass is 249 g/mol.